The SMILES string of the molecule is C[Si]1(C)C2=CC(=NC(=O)CC[C@H](N)C(=O)O)C=CC2=C(c2ccsc2CO)c2ccc(N)cc21. The molecule has 0 saturated carbocycles. The molecule has 1 atom stereocenters. The van der Waals surface area contributed by atoms with Gasteiger partial charge >= 0.3 is 5.97 Å². The van der Waals surface area contributed by atoms with Crippen LogP contribution in [0.4, 0.5) is 5.69 Å². The van der Waals surface area contributed by atoms with Gasteiger partial charge < -0.3 is 21.7 Å². The van der Waals surface area contributed by atoms with E-state index < -0.39 is 26.0 Å². The number of carboxylic acid groups (broad SMARTS) is 1. The lowest BCUT2D eigenvalue weighted by atomic mass is 9.90. The number of aliphatic imine (C=N–C) groups is 1. The lowest BCUT2D eigenvalue weighted by molar-refractivity contribution is -0.138. The molecule has 2 aliphatic rings. The zero-order valence-corrected chi connectivity index (χ0v) is 20.9. The van der Waals surface area contributed by atoms with E-state index in [1.165, 1.54) is 16.5 Å². The van der Waals surface area contributed by atoms with Crippen LogP contribution in [0.1, 0.15) is 28.8 Å². The number of allylic oxidation sites excluding steroid dienone is 5. The van der Waals surface area contributed by atoms with Gasteiger partial charge in [-0.05, 0) is 74.8 Å². The summed E-state index contributed by atoms with van der Waals surface area (Å²) >= 11 is 1.52. The van der Waals surface area contributed by atoms with Gasteiger partial charge in [-0.25, -0.2) is 4.99 Å². The number of benzene rings is 1. The molecular formula is C25H27N3O4SSi. The summed E-state index contributed by atoms with van der Waals surface area (Å²) in [7, 11) is -2.21. The predicted molar refractivity (Wildman–Crippen MR) is 139 cm³/mol. The third kappa shape index (κ3) is 4.35. The summed E-state index contributed by atoms with van der Waals surface area (Å²) in [6.07, 6.45) is 5.78. The molecule has 0 saturated heterocycles. The molecule has 1 aromatic heterocycles. The Balaban J connectivity index is 1.82. The maximum absolute atomic E-state index is 12.4. The van der Waals surface area contributed by atoms with E-state index >= 15 is 0 Å². The highest BCUT2D eigenvalue weighted by molar-refractivity contribution is 7.10. The largest absolute Gasteiger partial charge is 0.480 e. The molecule has 7 nitrogen and oxygen atoms in total. The summed E-state index contributed by atoms with van der Waals surface area (Å²) < 4.78 is 0. The Morgan fingerprint density at radius 1 is 1.18 bits per heavy atom. The Bertz CT molecular complexity index is 1300. The van der Waals surface area contributed by atoms with Crippen molar-refractivity contribution in [3.63, 3.8) is 0 Å². The van der Waals surface area contributed by atoms with Crippen LogP contribution in [0.15, 0.2) is 63.6 Å². The highest BCUT2D eigenvalue weighted by Crippen LogP contribution is 2.43. The number of amides is 1. The standard InChI is InChI=1S/C25H27N3O4SSi/c1-34(2)21-11-14(26)3-5-17(21)24(16-9-10-33-20(16)13-29)18-6-4-15(12-22(18)34)28-23(30)8-7-19(27)25(31)32/h3-6,9-12,19,29H,7-8,13,26-27H2,1-2H3,(H,31,32)/t19-/m0/s1. The molecule has 0 unspecified atom stereocenters. The van der Waals surface area contributed by atoms with E-state index in [2.05, 4.69) is 24.2 Å². The number of nitrogen functional groups attached to an aromatic ring is 1. The zero-order chi connectivity index (χ0) is 24.6. The van der Waals surface area contributed by atoms with Crippen molar-refractivity contribution in [3.05, 3.63) is 74.6 Å². The normalized spacial score (nSPS) is 18.4. The first kappa shape index (κ1) is 24.0. The van der Waals surface area contributed by atoms with Crippen molar-refractivity contribution in [1.29, 1.82) is 0 Å². The Kier molecular flexibility index (Phi) is 6.55. The van der Waals surface area contributed by atoms with Crippen molar-refractivity contribution in [3.8, 4) is 0 Å². The van der Waals surface area contributed by atoms with Gasteiger partial charge in [0.05, 0.1) is 12.3 Å². The first-order valence-corrected chi connectivity index (χ1v) is 14.8. The van der Waals surface area contributed by atoms with E-state index in [0.29, 0.717) is 11.4 Å². The first-order chi connectivity index (χ1) is 16.1. The molecule has 0 fully saturated rings. The molecule has 1 aromatic carbocycles. The number of aliphatic hydroxyl groups is 1. The number of carboxylic acids is 1. The third-order valence-corrected chi connectivity index (χ3v) is 10.8. The smallest absolute Gasteiger partial charge is 0.320 e. The lowest BCUT2D eigenvalue weighted by Crippen LogP contribution is -2.49. The third-order valence-electron chi connectivity index (χ3n) is 6.33. The monoisotopic (exact) mass is 493 g/mol. The van der Waals surface area contributed by atoms with E-state index in [0.717, 1.165) is 32.3 Å². The van der Waals surface area contributed by atoms with Gasteiger partial charge in [-0.2, -0.15) is 0 Å². The molecule has 1 aliphatic heterocycles. The maximum atomic E-state index is 12.4. The molecule has 1 aliphatic carbocycles. The number of fused-ring (bicyclic) bond motifs is 2. The van der Waals surface area contributed by atoms with Gasteiger partial charge in [0, 0.05) is 17.0 Å². The van der Waals surface area contributed by atoms with E-state index in [1.807, 2.05) is 41.8 Å². The highest BCUT2D eigenvalue weighted by atomic mass is 32.1. The molecule has 34 heavy (non-hydrogen) atoms. The van der Waals surface area contributed by atoms with Crippen LogP contribution in [-0.4, -0.2) is 41.9 Å². The van der Waals surface area contributed by atoms with Crippen molar-refractivity contribution in [1.82, 2.24) is 0 Å². The second-order valence-corrected chi connectivity index (χ2v) is 14.3. The van der Waals surface area contributed by atoms with Crippen molar-refractivity contribution >= 4 is 53.4 Å². The number of rotatable bonds is 6. The quantitative estimate of drug-likeness (QED) is 0.360. The molecule has 9 heteroatoms. The Morgan fingerprint density at radius 3 is 2.65 bits per heavy atom. The summed E-state index contributed by atoms with van der Waals surface area (Å²) in [4.78, 5) is 28.4. The summed E-state index contributed by atoms with van der Waals surface area (Å²) in [5.41, 5.74) is 17.2. The van der Waals surface area contributed by atoms with Crippen LogP contribution in [0.3, 0.4) is 0 Å². The molecule has 2 aromatic rings. The van der Waals surface area contributed by atoms with Crippen LogP contribution in [0.25, 0.3) is 5.57 Å². The molecule has 6 N–H and O–H groups in total. The minimum Gasteiger partial charge on any atom is -0.480 e. The van der Waals surface area contributed by atoms with Crippen molar-refractivity contribution < 1.29 is 19.8 Å². The molecular weight excluding hydrogens is 466 g/mol. The fourth-order valence-corrected chi connectivity index (χ4v) is 8.33. The van der Waals surface area contributed by atoms with Gasteiger partial charge in [0.25, 0.3) is 0 Å². The highest BCUT2D eigenvalue weighted by Gasteiger charge is 2.40. The molecule has 1 amide bonds. The minimum absolute atomic E-state index is 0.0309. The van der Waals surface area contributed by atoms with Crippen LogP contribution in [0, 0.1) is 0 Å². The van der Waals surface area contributed by atoms with Gasteiger partial charge in [-0.3, -0.25) is 9.59 Å². The van der Waals surface area contributed by atoms with Crippen molar-refractivity contribution in [2.24, 2.45) is 10.7 Å². The number of hydrogen-bond donors (Lipinski definition) is 4. The number of nitrogens with two attached hydrogens (primary N) is 2. The zero-order valence-electron chi connectivity index (χ0n) is 19.0. The van der Waals surface area contributed by atoms with E-state index in [-0.39, 0.29) is 19.4 Å². The summed E-state index contributed by atoms with van der Waals surface area (Å²) in [6, 6.07) is 6.95. The summed E-state index contributed by atoms with van der Waals surface area (Å²) in [6.45, 7) is 4.45. The van der Waals surface area contributed by atoms with Crippen LogP contribution < -0.4 is 16.7 Å². The second kappa shape index (κ2) is 9.26. The number of carbonyl (C=O) groups excluding carboxylic acids is 1. The molecule has 176 valence electrons. The Morgan fingerprint density at radius 2 is 1.94 bits per heavy atom. The maximum Gasteiger partial charge on any atom is 0.320 e. The van der Waals surface area contributed by atoms with Gasteiger partial charge in [-0.15, -0.1) is 11.3 Å². The number of anilines is 1. The fourth-order valence-electron chi connectivity index (χ4n) is 4.50. The lowest BCUT2D eigenvalue weighted by Gasteiger charge is -2.38. The van der Waals surface area contributed by atoms with Crippen LogP contribution >= 0.6 is 11.3 Å². The number of nitrogens with zero attached hydrogens (tertiary/aromatic N) is 1. The molecule has 0 bridgehead atoms. The van der Waals surface area contributed by atoms with Gasteiger partial charge in [0.15, 0.2) is 0 Å². The summed E-state index contributed by atoms with van der Waals surface area (Å²) in [5.74, 6) is -1.54. The Hall–Kier alpha value is -3.11. The Labute approximate surface area is 202 Å². The number of aliphatic hydroxyl groups excluding tert-OH is 1. The first-order valence-electron chi connectivity index (χ1n) is 11.0. The predicted octanol–water partition coefficient (Wildman–Crippen LogP) is 2.75. The van der Waals surface area contributed by atoms with E-state index in [4.69, 9.17) is 16.6 Å². The van der Waals surface area contributed by atoms with Crippen LogP contribution in [0.2, 0.25) is 13.1 Å². The van der Waals surface area contributed by atoms with E-state index in [1.54, 1.807) is 0 Å². The van der Waals surface area contributed by atoms with E-state index in [9.17, 15) is 14.7 Å². The molecule has 2 heterocycles. The fraction of sp³-hybridized carbons (Fsp3) is 0.240. The topological polar surface area (TPSA) is 139 Å². The number of thiophene rings is 1. The number of hydrogen-bond acceptors (Lipinski definition) is 6. The van der Waals surface area contributed by atoms with Gasteiger partial charge in [-0.1, -0.05) is 25.2 Å². The number of carbonyl (C=O) groups is 2. The average Bonchev–Trinajstić information content (AvgIpc) is 3.27. The average molecular weight is 494 g/mol. The van der Waals surface area contributed by atoms with Crippen molar-refractivity contribution in [2.45, 2.75) is 38.6 Å². The minimum atomic E-state index is -2.21. The van der Waals surface area contributed by atoms with Crippen molar-refractivity contribution in [2.75, 3.05) is 5.73 Å². The molecule has 0 radical (unpaired) electrons. The summed E-state index contributed by atoms with van der Waals surface area (Å²) in [5, 5.41) is 23.2. The molecule has 4 rings (SSSR count). The van der Waals surface area contributed by atoms with Crippen LogP contribution in [-0.2, 0) is 16.2 Å². The van der Waals surface area contributed by atoms with Crippen LogP contribution in [0.5, 0.6) is 0 Å². The second-order valence-electron chi connectivity index (χ2n) is 8.94. The van der Waals surface area contributed by atoms with Gasteiger partial charge in [0.2, 0.25) is 5.91 Å². The van der Waals surface area contributed by atoms with Gasteiger partial charge in [0.1, 0.15) is 14.1 Å². The molecule has 0 spiro atoms. The number of aliphatic carboxylic acids is 1.